The van der Waals surface area contributed by atoms with Crippen molar-refractivity contribution in [2.24, 2.45) is 0 Å². The molecule has 0 spiro atoms. The van der Waals surface area contributed by atoms with Crippen molar-refractivity contribution >= 4 is 64.3 Å². The number of Topliss-reactive ketones (excluding diaryl/α,β-unsaturated/α-hetero) is 1. The van der Waals surface area contributed by atoms with Crippen LogP contribution in [0.15, 0.2) is 47.5 Å². The summed E-state index contributed by atoms with van der Waals surface area (Å²) in [5.74, 6) is 0.0412. The van der Waals surface area contributed by atoms with Crippen LogP contribution in [0.3, 0.4) is 0 Å². The minimum Gasteiger partial charge on any atom is -0.289 e. The number of ketones is 1. The highest BCUT2D eigenvalue weighted by molar-refractivity contribution is 6.36. The molecule has 0 atom stereocenters. The first-order valence-corrected chi connectivity index (χ1v) is 9.81. The zero-order valence-corrected chi connectivity index (χ0v) is 16.9. The van der Waals surface area contributed by atoms with Gasteiger partial charge in [-0.05, 0) is 73.2 Å². The summed E-state index contributed by atoms with van der Waals surface area (Å²) in [6.07, 6.45) is 7.09. The van der Waals surface area contributed by atoms with E-state index in [0.717, 1.165) is 48.0 Å². The Balaban J connectivity index is 1.97. The van der Waals surface area contributed by atoms with Gasteiger partial charge >= 0.3 is 0 Å². The van der Waals surface area contributed by atoms with Gasteiger partial charge < -0.3 is 0 Å². The second-order valence-corrected chi connectivity index (χ2v) is 7.89. The molecule has 26 heavy (non-hydrogen) atoms. The number of allylic oxidation sites excluding steroid dienone is 2. The fourth-order valence-corrected chi connectivity index (χ4v) is 3.88. The summed E-state index contributed by atoms with van der Waals surface area (Å²) in [5, 5.41) is 2.21. The fourth-order valence-electron chi connectivity index (χ4n) is 2.95. The normalized spacial score (nSPS) is 18.4. The lowest BCUT2D eigenvalue weighted by Crippen LogP contribution is -2.04. The number of halogens is 4. The van der Waals surface area contributed by atoms with Gasteiger partial charge in [-0.15, -0.1) is 0 Å². The van der Waals surface area contributed by atoms with Crippen LogP contribution in [0.4, 0.5) is 0 Å². The van der Waals surface area contributed by atoms with Crippen molar-refractivity contribution in [3.05, 3.63) is 78.8 Å². The molecule has 0 bridgehead atoms. The van der Waals surface area contributed by atoms with E-state index in [1.807, 2.05) is 24.3 Å². The average molecular weight is 426 g/mol. The maximum atomic E-state index is 13.0. The van der Waals surface area contributed by atoms with Gasteiger partial charge in [0.15, 0.2) is 5.78 Å². The lowest BCUT2D eigenvalue weighted by molar-refractivity contribution is -0.112. The maximum absolute atomic E-state index is 13.0. The van der Waals surface area contributed by atoms with Crippen LogP contribution in [-0.4, -0.2) is 5.78 Å². The summed E-state index contributed by atoms with van der Waals surface area (Å²) >= 11 is 24.4. The third-order valence-electron chi connectivity index (χ3n) is 4.31. The SMILES string of the molecule is O=C1C(=Cc2ccc(Cl)cc2Cl)CCCCC1=Cc1ccc(Cl)cc1Cl. The first-order chi connectivity index (χ1) is 12.4. The standard InChI is InChI=1S/C21H16Cl4O/c22-17-7-5-13(19(24)11-17)9-15-3-1-2-4-16(21(15)26)10-14-6-8-18(23)12-20(14)25/h5-12H,1-4H2. The molecule has 134 valence electrons. The highest BCUT2D eigenvalue weighted by atomic mass is 35.5. The van der Waals surface area contributed by atoms with Crippen LogP contribution < -0.4 is 0 Å². The molecule has 3 rings (SSSR count). The molecule has 0 heterocycles. The molecule has 1 aliphatic rings. The van der Waals surface area contributed by atoms with Crippen molar-refractivity contribution in [2.45, 2.75) is 25.7 Å². The van der Waals surface area contributed by atoms with E-state index in [9.17, 15) is 4.79 Å². The van der Waals surface area contributed by atoms with Crippen molar-refractivity contribution in [3.8, 4) is 0 Å². The predicted molar refractivity (Wildman–Crippen MR) is 112 cm³/mol. The van der Waals surface area contributed by atoms with E-state index in [2.05, 4.69) is 0 Å². The smallest absolute Gasteiger partial charge is 0.185 e. The first-order valence-electron chi connectivity index (χ1n) is 8.30. The second kappa shape index (κ2) is 8.63. The molecule has 0 unspecified atom stereocenters. The monoisotopic (exact) mass is 424 g/mol. The third-order valence-corrected chi connectivity index (χ3v) is 5.43. The van der Waals surface area contributed by atoms with Crippen LogP contribution in [0.5, 0.6) is 0 Å². The molecule has 1 aliphatic carbocycles. The largest absolute Gasteiger partial charge is 0.289 e. The highest BCUT2D eigenvalue weighted by Crippen LogP contribution is 2.31. The molecule has 0 radical (unpaired) electrons. The summed E-state index contributed by atoms with van der Waals surface area (Å²) in [6, 6.07) is 10.6. The van der Waals surface area contributed by atoms with Gasteiger partial charge in [0.2, 0.25) is 0 Å². The van der Waals surface area contributed by atoms with Crippen molar-refractivity contribution < 1.29 is 4.79 Å². The predicted octanol–water partition coefficient (Wildman–Crippen LogP) is 7.91. The van der Waals surface area contributed by atoms with Crippen LogP contribution in [0, 0.1) is 0 Å². The maximum Gasteiger partial charge on any atom is 0.185 e. The molecule has 1 saturated carbocycles. The van der Waals surface area contributed by atoms with Crippen molar-refractivity contribution in [2.75, 3.05) is 0 Å². The van der Waals surface area contributed by atoms with E-state index < -0.39 is 0 Å². The lowest BCUT2D eigenvalue weighted by Gasteiger charge is -2.07. The van der Waals surface area contributed by atoms with Gasteiger partial charge in [-0.3, -0.25) is 4.79 Å². The average Bonchev–Trinajstić information content (AvgIpc) is 2.75. The minimum absolute atomic E-state index is 0.0412. The second-order valence-electron chi connectivity index (χ2n) is 6.21. The molecule has 0 aliphatic heterocycles. The molecule has 2 aromatic rings. The quantitative estimate of drug-likeness (QED) is 0.352. The van der Waals surface area contributed by atoms with E-state index in [0.29, 0.717) is 20.1 Å². The number of benzene rings is 2. The number of hydrogen-bond acceptors (Lipinski definition) is 1. The highest BCUT2D eigenvalue weighted by Gasteiger charge is 2.19. The van der Waals surface area contributed by atoms with Crippen molar-refractivity contribution in [1.29, 1.82) is 0 Å². The van der Waals surface area contributed by atoms with Gasteiger partial charge in [0.05, 0.1) is 0 Å². The molecule has 0 amide bonds. The van der Waals surface area contributed by atoms with Crippen molar-refractivity contribution in [1.82, 2.24) is 0 Å². The van der Waals surface area contributed by atoms with E-state index in [1.54, 1.807) is 24.3 Å². The minimum atomic E-state index is 0.0412. The summed E-state index contributed by atoms with van der Waals surface area (Å²) < 4.78 is 0. The van der Waals surface area contributed by atoms with E-state index >= 15 is 0 Å². The summed E-state index contributed by atoms with van der Waals surface area (Å²) in [6.45, 7) is 0. The summed E-state index contributed by atoms with van der Waals surface area (Å²) in [7, 11) is 0. The summed E-state index contributed by atoms with van der Waals surface area (Å²) in [5.41, 5.74) is 3.10. The third kappa shape index (κ3) is 4.72. The van der Waals surface area contributed by atoms with E-state index in [-0.39, 0.29) is 5.78 Å². The van der Waals surface area contributed by atoms with Crippen LogP contribution >= 0.6 is 46.4 Å². The van der Waals surface area contributed by atoms with Gasteiger partial charge in [0.1, 0.15) is 0 Å². The zero-order valence-electron chi connectivity index (χ0n) is 13.9. The van der Waals surface area contributed by atoms with Gasteiger partial charge in [-0.1, -0.05) is 58.5 Å². The van der Waals surface area contributed by atoms with Gasteiger partial charge in [-0.2, -0.15) is 0 Å². The molecular formula is C21H16Cl4O. The first kappa shape index (κ1) is 19.5. The molecular weight excluding hydrogens is 410 g/mol. The number of carbonyl (C=O) groups excluding carboxylic acids is 1. The molecule has 0 aromatic heterocycles. The molecule has 0 saturated heterocycles. The van der Waals surface area contributed by atoms with E-state index in [1.165, 1.54) is 0 Å². The Kier molecular flexibility index (Phi) is 6.47. The van der Waals surface area contributed by atoms with Crippen molar-refractivity contribution in [3.63, 3.8) is 0 Å². The Bertz CT molecular complexity index is 839. The lowest BCUT2D eigenvalue weighted by atomic mass is 9.98. The Morgan fingerprint density at radius 1 is 0.692 bits per heavy atom. The topological polar surface area (TPSA) is 17.1 Å². The summed E-state index contributed by atoms with van der Waals surface area (Å²) in [4.78, 5) is 13.0. The Morgan fingerprint density at radius 2 is 1.12 bits per heavy atom. The molecule has 1 fully saturated rings. The molecule has 2 aromatic carbocycles. The molecule has 0 N–H and O–H groups in total. The fraction of sp³-hybridized carbons (Fsp3) is 0.190. The van der Waals surface area contributed by atoms with Gasteiger partial charge in [-0.25, -0.2) is 0 Å². The van der Waals surface area contributed by atoms with Crippen LogP contribution in [0.1, 0.15) is 36.8 Å². The number of carbonyl (C=O) groups is 1. The zero-order chi connectivity index (χ0) is 18.7. The van der Waals surface area contributed by atoms with Crippen LogP contribution in [-0.2, 0) is 4.79 Å². The Morgan fingerprint density at radius 3 is 1.50 bits per heavy atom. The van der Waals surface area contributed by atoms with Gasteiger partial charge in [0.25, 0.3) is 0 Å². The molecule has 1 nitrogen and oxygen atoms in total. The number of rotatable bonds is 2. The molecule has 5 heteroatoms. The Hall–Kier alpha value is -1.25. The van der Waals surface area contributed by atoms with E-state index in [4.69, 9.17) is 46.4 Å². The van der Waals surface area contributed by atoms with Gasteiger partial charge in [0, 0.05) is 31.2 Å². The van der Waals surface area contributed by atoms with Crippen LogP contribution in [0.2, 0.25) is 20.1 Å². The Labute approximate surface area is 173 Å². The van der Waals surface area contributed by atoms with Crippen LogP contribution in [0.25, 0.3) is 12.2 Å². The number of hydrogen-bond donors (Lipinski definition) is 0.